The monoisotopic (exact) mass is 306 g/mol. The van der Waals surface area contributed by atoms with Crippen LogP contribution in [0, 0.1) is 0 Å². The minimum atomic E-state index is -0.270. The summed E-state index contributed by atoms with van der Waals surface area (Å²) >= 11 is 1.18. The molecule has 2 aromatic rings. The van der Waals surface area contributed by atoms with Crippen LogP contribution in [0.1, 0.15) is 6.42 Å². The molecule has 0 spiro atoms. The molecule has 0 saturated carbocycles. The van der Waals surface area contributed by atoms with Gasteiger partial charge in [-0.3, -0.25) is 0 Å². The van der Waals surface area contributed by atoms with Crippen LogP contribution in [0.2, 0.25) is 0 Å². The fourth-order valence-electron chi connectivity index (χ4n) is 1.93. The summed E-state index contributed by atoms with van der Waals surface area (Å²) in [7, 11) is 0. The molecule has 0 aromatic heterocycles. The zero-order valence-corrected chi connectivity index (χ0v) is 12.5. The summed E-state index contributed by atoms with van der Waals surface area (Å²) in [6.07, 6.45) is 7.83. The zero-order chi connectivity index (χ0) is 12.9. The van der Waals surface area contributed by atoms with Crippen molar-refractivity contribution in [1.29, 1.82) is 0 Å². The van der Waals surface area contributed by atoms with E-state index in [4.69, 9.17) is 0 Å². The minimum absolute atomic E-state index is 0.270. The average molecular weight is 306 g/mol. The van der Waals surface area contributed by atoms with Gasteiger partial charge in [0, 0.05) is 0 Å². The second-order valence-corrected chi connectivity index (χ2v) is 8.91. The summed E-state index contributed by atoms with van der Waals surface area (Å²) in [6.45, 7) is -0.270. The van der Waals surface area contributed by atoms with Gasteiger partial charge in [0.1, 0.15) is 0 Å². The molecule has 0 aliphatic heterocycles. The molecule has 0 N–H and O–H groups in total. The molecule has 0 fully saturated rings. The van der Waals surface area contributed by atoms with Gasteiger partial charge in [0.25, 0.3) is 0 Å². The first kappa shape index (κ1) is 12.9. The molecule has 96 valence electrons. The Morgan fingerprint density at radius 2 is 1.37 bits per heavy atom. The van der Waals surface area contributed by atoms with E-state index in [0.717, 1.165) is 6.42 Å². The third-order valence-corrected chi connectivity index (χ3v) is 8.50. The van der Waals surface area contributed by atoms with Gasteiger partial charge in [-0.25, -0.2) is 0 Å². The topological polar surface area (TPSA) is 0 Å². The van der Waals surface area contributed by atoms with E-state index in [9.17, 15) is 0 Å². The van der Waals surface area contributed by atoms with Crippen LogP contribution < -0.4 is 10.6 Å². The van der Waals surface area contributed by atoms with Gasteiger partial charge in [-0.2, -0.15) is 0 Å². The van der Waals surface area contributed by atoms with Crippen LogP contribution in [0.3, 0.4) is 0 Å². The molecule has 0 nitrogen and oxygen atoms in total. The Hall–Kier alpha value is -1.13. The number of benzene rings is 2. The van der Waals surface area contributed by atoms with E-state index in [1.807, 2.05) is 0 Å². The molecule has 19 heavy (non-hydrogen) atoms. The predicted molar refractivity (Wildman–Crippen MR) is 80.9 cm³/mol. The van der Waals surface area contributed by atoms with Crippen molar-refractivity contribution in [1.82, 2.24) is 0 Å². The van der Waals surface area contributed by atoms with Crippen molar-refractivity contribution in [3.05, 3.63) is 83.4 Å². The number of rotatable bonds is 4. The van der Waals surface area contributed by atoms with Gasteiger partial charge in [-0.15, -0.1) is 0 Å². The Morgan fingerprint density at radius 1 is 0.789 bits per heavy atom. The third-order valence-electron chi connectivity index (χ3n) is 2.85. The fourth-order valence-corrected chi connectivity index (χ4v) is 7.16. The summed E-state index contributed by atoms with van der Waals surface area (Å²) in [5.41, 5.74) is 0. The van der Waals surface area contributed by atoms with Crippen LogP contribution in [0.25, 0.3) is 0 Å². The van der Waals surface area contributed by atoms with Gasteiger partial charge in [-0.1, -0.05) is 0 Å². The van der Waals surface area contributed by atoms with E-state index in [2.05, 4.69) is 78.9 Å². The van der Waals surface area contributed by atoms with Gasteiger partial charge in [0.05, 0.1) is 0 Å². The Morgan fingerprint density at radius 3 is 1.84 bits per heavy atom. The first-order valence-corrected chi connectivity index (χ1v) is 9.56. The predicted octanol–water partition coefficient (Wildman–Crippen LogP) is 3.96. The Bertz CT molecular complexity index is 548. The van der Waals surface area contributed by atoms with E-state index in [1.165, 1.54) is 25.1 Å². The van der Waals surface area contributed by atoms with Crippen molar-refractivity contribution < 1.29 is 14.5 Å². The SMILES string of the molecule is C1=CC[C]([Fe][P](c2ccccc2)c2ccccc2)=C1. The third kappa shape index (κ3) is 3.25. The molecule has 0 amide bonds. The standard InChI is InChI=1S/C12H10P.C5H5.Fe/c1-3-7-11(8-4-1)13-12-9-5-2-6-10-12;1-2-4-5-3-1;/h1-10H;1-3H,4H2;/q-1;;+1. The molecular weight excluding hydrogens is 291 g/mol. The first-order chi connectivity index (χ1) is 9.43. The van der Waals surface area contributed by atoms with Gasteiger partial charge >= 0.3 is 122 Å². The second-order valence-electron chi connectivity index (χ2n) is 4.25. The molecule has 0 heterocycles. The fraction of sp³-hybridized carbons (Fsp3) is 0.0588. The molecule has 0 saturated heterocycles. The van der Waals surface area contributed by atoms with Crippen molar-refractivity contribution in [2.75, 3.05) is 0 Å². The van der Waals surface area contributed by atoms with Gasteiger partial charge in [0.2, 0.25) is 0 Å². The first-order valence-electron chi connectivity index (χ1n) is 6.32. The van der Waals surface area contributed by atoms with Crippen molar-refractivity contribution in [2.45, 2.75) is 6.42 Å². The molecule has 1 aliphatic rings. The Balaban J connectivity index is 1.92. The molecular formula is C17H15FeP. The second kappa shape index (κ2) is 6.35. The van der Waals surface area contributed by atoms with Crippen LogP contribution in [-0.4, -0.2) is 0 Å². The van der Waals surface area contributed by atoms with Crippen LogP contribution in [0.5, 0.6) is 0 Å². The summed E-state index contributed by atoms with van der Waals surface area (Å²) in [6, 6.07) is 21.8. The van der Waals surface area contributed by atoms with Crippen molar-refractivity contribution in [3.63, 3.8) is 0 Å². The maximum atomic E-state index is 2.28. The summed E-state index contributed by atoms with van der Waals surface area (Å²) in [4.78, 5) is 0. The Kier molecular flexibility index (Phi) is 4.30. The van der Waals surface area contributed by atoms with Crippen LogP contribution in [0.4, 0.5) is 0 Å². The van der Waals surface area contributed by atoms with E-state index >= 15 is 0 Å². The molecule has 2 aromatic carbocycles. The normalized spacial score (nSPS) is 14.1. The molecule has 1 aliphatic carbocycles. The van der Waals surface area contributed by atoms with Crippen molar-refractivity contribution >= 4 is 17.2 Å². The summed E-state index contributed by atoms with van der Waals surface area (Å²) in [5, 5.41) is 2.94. The Labute approximate surface area is 121 Å². The number of hydrogen-bond donors (Lipinski definition) is 0. The molecule has 0 radical (unpaired) electrons. The van der Waals surface area contributed by atoms with E-state index < -0.39 is 0 Å². The van der Waals surface area contributed by atoms with Crippen LogP contribution in [0.15, 0.2) is 83.4 Å². The van der Waals surface area contributed by atoms with Crippen LogP contribution in [-0.2, 0) is 14.5 Å². The van der Waals surface area contributed by atoms with Crippen LogP contribution >= 0.6 is 6.61 Å². The van der Waals surface area contributed by atoms with Crippen molar-refractivity contribution in [3.8, 4) is 0 Å². The molecule has 2 heteroatoms. The number of hydrogen-bond acceptors (Lipinski definition) is 0. The summed E-state index contributed by atoms with van der Waals surface area (Å²) in [5.74, 6) is 0. The van der Waals surface area contributed by atoms with Crippen molar-refractivity contribution in [2.24, 2.45) is 0 Å². The quantitative estimate of drug-likeness (QED) is 0.592. The molecule has 3 rings (SSSR count). The van der Waals surface area contributed by atoms with Gasteiger partial charge < -0.3 is 0 Å². The molecule has 0 bridgehead atoms. The zero-order valence-electron chi connectivity index (χ0n) is 10.5. The molecule has 0 unspecified atom stereocenters. The van der Waals surface area contributed by atoms with E-state index in [-0.39, 0.29) is 6.61 Å². The van der Waals surface area contributed by atoms with Gasteiger partial charge in [-0.05, 0) is 0 Å². The average Bonchev–Trinajstić information content (AvgIpc) is 3.00. The number of allylic oxidation sites excluding steroid dienone is 4. The summed E-state index contributed by atoms with van der Waals surface area (Å²) < 4.78 is 1.55. The molecule has 0 atom stereocenters. The van der Waals surface area contributed by atoms with E-state index in [1.54, 1.807) is 4.47 Å². The van der Waals surface area contributed by atoms with E-state index in [0.29, 0.717) is 0 Å². The van der Waals surface area contributed by atoms with Gasteiger partial charge in [0.15, 0.2) is 0 Å². The maximum absolute atomic E-state index is 2.28.